The molecule has 2 heterocycles. The fourth-order valence-electron chi connectivity index (χ4n) is 3.07. The van der Waals surface area contributed by atoms with E-state index in [2.05, 4.69) is 5.32 Å². The van der Waals surface area contributed by atoms with Gasteiger partial charge in [-0.1, -0.05) is 30.7 Å². The quantitative estimate of drug-likeness (QED) is 0.873. The molecule has 3 amide bonds. The van der Waals surface area contributed by atoms with E-state index in [-0.39, 0.29) is 24.3 Å². The third kappa shape index (κ3) is 2.79. The molecule has 1 aromatic carbocycles. The molecule has 2 aliphatic heterocycles. The predicted molar refractivity (Wildman–Crippen MR) is 85.1 cm³/mol. The topological polar surface area (TPSA) is 69.7 Å². The first-order valence-corrected chi connectivity index (χ1v) is 8.05. The Labute approximate surface area is 139 Å². The smallest absolute Gasteiger partial charge is 0.255 e. The standard InChI is InChI=1S/C16H18ClN3O3/c1-2-12-16(23)20-8-7-19(9-13(20)14(21)18-12)15(22)10-5-3-4-6-11(10)17/h3-6,12-13H,2,7-9H2,1H3,(H,18,21). The van der Waals surface area contributed by atoms with Gasteiger partial charge in [-0.3, -0.25) is 14.4 Å². The third-order valence-corrected chi connectivity index (χ3v) is 4.71. The fraction of sp³-hybridized carbons (Fsp3) is 0.438. The second-order valence-electron chi connectivity index (χ2n) is 5.75. The normalized spacial score (nSPS) is 24.3. The van der Waals surface area contributed by atoms with Gasteiger partial charge in [0.25, 0.3) is 5.91 Å². The second kappa shape index (κ2) is 6.20. The number of benzene rings is 1. The van der Waals surface area contributed by atoms with E-state index in [9.17, 15) is 14.4 Å². The molecule has 0 aromatic heterocycles. The van der Waals surface area contributed by atoms with Gasteiger partial charge in [0.05, 0.1) is 17.1 Å². The van der Waals surface area contributed by atoms with E-state index in [1.165, 1.54) is 0 Å². The molecule has 2 saturated heterocycles. The van der Waals surface area contributed by atoms with E-state index in [1.54, 1.807) is 34.1 Å². The Balaban J connectivity index is 1.78. The Morgan fingerprint density at radius 2 is 2.04 bits per heavy atom. The number of piperazine rings is 2. The largest absolute Gasteiger partial charge is 0.342 e. The predicted octanol–water partition coefficient (Wildman–Crippen LogP) is 0.901. The first kappa shape index (κ1) is 15.8. The lowest BCUT2D eigenvalue weighted by molar-refractivity contribution is -0.152. The van der Waals surface area contributed by atoms with E-state index in [0.717, 1.165) is 0 Å². The zero-order chi connectivity index (χ0) is 16.6. The maximum atomic E-state index is 12.6. The number of rotatable bonds is 2. The van der Waals surface area contributed by atoms with E-state index in [0.29, 0.717) is 30.1 Å². The van der Waals surface area contributed by atoms with Gasteiger partial charge in [-0.25, -0.2) is 0 Å². The van der Waals surface area contributed by atoms with Gasteiger partial charge in [0, 0.05) is 13.1 Å². The van der Waals surface area contributed by atoms with Crippen molar-refractivity contribution in [3.8, 4) is 0 Å². The highest BCUT2D eigenvalue weighted by atomic mass is 35.5. The van der Waals surface area contributed by atoms with Crippen molar-refractivity contribution in [2.75, 3.05) is 19.6 Å². The van der Waals surface area contributed by atoms with Crippen LogP contribution in [-0.4, -0.2) is 59.2 Å². The molecule has 2 atom stereocenters. The molecule has 122 valence electrons. The van der Waals surface area contributed by atoms with E-state index >= 15 is 0 Å². The van der Waals surface area contributed by atoms with Crippen LogP contribution >= 0.6 is 11.6 Å². The minimum absolute atomic E-state index is 0.0676. The lowest BCUT2D eigenvalue weighted by Gasteiger charge is -2.45. The van der Waals surface area contributed by atoms with Gasteiger partial charge < -0.3 is 15.1 Å². The van der Waals surface area contributed by atoms with Crippen molar-refractivity contribution < 1.29 is 14.4 Å². The first-order chi connectivity index (χ1) is 11.0. The number of nitrogens with one attached hydrogen (secondary N) is 1. The minimum atomic E-state index is -0.620. The summed E-state index contributed by atoms with van der Waals surface area (Å²) in [5.74, 6) is -0.483. The highest BCUT2D eigenvalue weighted by Crippen LogP contribution is 2.22. The van der Waals surface area contributed by atoms with Crippen molar-refractivity contribution in [3.63, 3.8) is 0 Å². The molecule has 2 unspecified atom stereocenters. The molecule has 23 heavy (non-hydrogen) atoms. The molecular formula is C16H18ClN3O3. The molecule has 1 N–H and O–H groups in total. The van der Waals surface area contributed by atoms with Gasteiger partial charge in [0.2, 0.25) is 11.8 Å². The molecule has 0 radical (unpaired) electrons. The molecule has 0 saturated carbocycles. The summed E-state index contributed by atoms with van der Waals surface area (Å²) in [5.41, 5.74) is 0.414. The van der Waals surface area contributed by atoms with Gasteiger partial charge in [0.1, 0.15) is 12.1 Å². The summed E-state index contributed by atoms with van der Waals surface area (Å²) in [5, 5.41) is 3.12. The van der Waals surface area contributed by atoms with Gasteiger partial charge >= 0.3 is 0 Å². The van der Waals surface area contributed by atoms with Gasteiger partial charge in [0.15, 0.2) is 0 Å². The van der Waals surface area contributed by atoms with Crippen LogP contribution in [0.5, 0.6) is 0 Å². The Morgan fingerprint density at radius 1 is 1.30 bits per heavy atom. The van der Waals surface area contributed by atoms with Crippen LogP contribution in [0.4, 0.5) is 0 Å². The molecule has 6 nitrogen and oxygen atoms in total. The molecule has 0 aliphatic carbocycles. The van der Waals surface area contributed by atoms with Gasteiger partial charge in [-0.05, 0) is 18.6 Å². The number of carbonyl (C=O) groups excluding carboxylic acids is 3. The van der Waals surface area contributed by atoms with Crippen LogP contribution in [0.1, 0.15) is 23.7 Å². The van der Waals surface area contributed by atoms with E-state index in [4.69, 9.17) is 11.6 Å². The number of hydrogen-bond donors (Lipinski definition) is 1. The number of hydrogen-bond acceptors (Lipinski definition) is 3. The Bertz CT molecular complexity index is 664. The van der Waals surface area contributed by atoms with Gasteiger partial charge in [-0.2, -0.15) is 0 Å². The number of fused-ring (bicyclic) bond motifs is 1. The number of amides is 3. The maximum absolute atomic E-state index is 12.6. The SMILES string of the molecule is CCC1NC(=O)C2CN(C(=O)c3ccccc3Cl)CCN2C1=O. The monoisotopic (exact) mass is 335 g/mol. The Morgan fingerprint density at radius 3 is 2.74 bits per heavy atom. The van der Waals surface area contributed by atoms with Crippen molar-refractivity contribution >= 4 is 29.3 Å². The van der Waals surface area contributed by atoms with Crippen LogP contribution < -0.4 is 5.32 Å². The molecule has 0 bridgehead atoms. The molecule has 1 aromatic rings. The molecule has 3 rings (SSSR count). The zero-order valence-electron chi connectivity index (χ0n) is 12.8. The van der Waals surface area contributed by atoms with Crippen LogP contribution in [0.2, 0.25) is 5.02 Å². The summed E-state index contributed by atoms with van der Waals surface area (Å²) in [4.78, 5) is 40.4. The van der Waals surface area contributed by atoms with Crippen LogP contribution in [-0.2, 0) is 9.59 Å². The average Bonchev–Trinajstić information content (AvgIpc) is 2.57. The summed E-state index contributed by atoms with van der Waals surface area (Å²) >= 11 is 6.07. The number of halogens is 1. The molecular weight excluding hydrogens is 318 g/mol. The lowest BCUT2D eigenvalue weighted by Crippen LogP contribution is -2.69. The highest BCUT2D eigenvalue weighted by molar-refractivity contribution is 6.33. The Hall–Kier alpha value is -2.08. The molecule has 2 fully saturated rings. The summed E-state index contributed by atoms with van der Waals surface area (Å²) in [6, 6.07) is 5.76. The molecule has 0 spiro atoms. The third-order valence-electron chi connectivity index (χ3n) is 4.38. The van der Waals surface area contributed by atoms with Crippen molar-refractivity contribution in [2.45, 2.75) is 25.4 Å². The zero-order valence-corrected chi connectivity index (χ0v) is 13.5. The highest BCUT2D eigenvalue weighted by Gasteiger charge is 2.43. The summed E-state index contributed by atoms with van der Waals surface area (Å²) < 4.78 is 0. The minimum Gasteiger partial charge on any atom is -0.342 e. The van der Waals surface area contributed by atoms with Crippen molar-refractivity contribution in [2.24, 2.45) is 0 Å². The van der Waals surface area contributed by atoms with Crippen LogP contribution in [0, 0.1) is 0 Å². The number of nitrogens with zero attached hydrogens (tertiary/aromatic N) is 2. The van der Waals surface area contributed by atoms with Crippen LogP contribution in [0.25, 0.3) is 0 Å². The molecule has 7 heteroatoms. The average molecular weight is 336 g/mol. The van der Waals surface area contributed by atoms with Crippen molar-refractivity contribution in [1.82, 2.24) is 15.1 Å². The van der Waals surface area contributed by atoms with Gasteiger partial charge in [-0.15, -0.1) is 0 Å². The first-order valence-electron chi connectivity index (χ1n) is 7.67. The maximum Gasteiger partial charge on any atom is 0.255 e. The van der Waals surface area contributed by atoms with Crippen molar-refractivity contribution in [1.29, 1.82) is 0 Å². The summed E-state index contributed by atoms with van der Waals surface area (Å²) in [6.45, 7) is 2.82. The molecule has 2 aliphatic rings. The Kier molecular flexibility index (Phi) is 4.26. The fourth-order valence-corrected chi connectivity index (χ4v) is 3.28. The van der Waals surface area contributed by atoms with E-state index < -0.39 is 12.1 Å². The second-order valence-corrected chi connectivity index (χ2v) is 6.16. The van der Waals surface area contributed by atoms with Crippen LogP contribution in [0.3, 0.4) is 0 Å². The van der Waals surface area contributed by atoms with Crippen molar-refractivity contribution in [3.05, 3.63) is 34.9 Å². The lowest BCUT2D eigenvalue weighted by atomic mass is 10.0. The van der Waals surface area contributed by atoms with E-state index in [1.807, 2.05) is 6.92 Å². The summed E-state index contributed by atoms with van der Waals surface area (Å²) in [6.07, 6.45) is 0.566. The number of carbonyl (C=O) groups is 3. The van der Waals surface area contributed by atoms with Crippen LogP contribution in [0.15, 0.2) is 24.3 Å². The summed E-state index contributed by atoms with van der Waals surface area (Å²) in [7, 11) is 0.